The molecule has 1 radical (unpaired) electrons. The predicted octanol–water partition coefficient (Wildman–Crippen LogP) is 0.640. The van der Waals surface area contributed by atoms with E-state index in [4.69, 9.17) is 9.84 Å². The van der Waals surface area contributed by atoms with Crippen molar-refractivity contribution in [1.82, 2.24) is 5.32 Å². The molecule has 12 heavy (non-hydrogen) atoms. The van der Waals surface area contributed by atoms with Crippen LogP contribution in [0, 0.1) is 6.23 Å². The lowest BCUT2D eigenvalue weighted by atomic mass is 10.3. The largest absolute Gasteiger partial charge is 0.481 e. The van der Waals surface area contributed by atoms with Crippen LogP contribution in [0.5, 0.6) is 0 Å². The van der Waals surface area contributed by atoms with Crippen molar-refractivity contribution >= 4 is 5.97 Å². The zero-order chi connectivity index (χ0) is 8.81. The van der Waals surface area contributed by atoms with Crippen LogP contribution in [0.2, 0.25) is 0 Å². The molecule has 0 bridgehead atoms. The van der Waals surface area contributed by atoms with Crippen molar-refractivity contribution in [2.45, 2.75) is 6.42 Å². The van der Waals surface area contributed by atoms with Gasteiger partial charge < -0.3 is 15.2 Å². The number of rotatable bonds is 4. The fourth-order valence-corrected chi connectivity index (χ4v) is 0.715. The Morgan fingerprint density at radius 3 is 3.00 bits per heavy atom. The first kappa shape index (κ1) is 8.80. The highest BCUT2D eigenvalue weighted by Gasteiger charge is 2.06. The van der Waals surface area contributed by atoms with Crippen molar-refractivity contribution in [1.29, 1.82) is 0 Å². The Morgan fingerprint density at radius 1 is 1.58 bits per heavy atom. The molecule has 1 rings (SSSR count). The van der Waals surface area contributed by atoms with E-state index in [2.05, 4.69) is 5.32 Å². The average Bonchev–Trinajstić information content (AvgIpc) is 2.05. The topological polar surface area (TPSA) is 58.6 Å². The van der Waals surface area contributed by atoms with Crippen molar-refractivity contribution in [3.63, 3.8) is 0 Å². The number of carboxylic acid groups (broad SMARTS) is 1. The Kier molecular flexibility index (Phi) is 3.35. The van der Waals surface area contributed by atoms with Gasteiger partial charge in [0.05, 0.1) is 13.0 Å². The van der Waals surface area contributed by atoms with E-state index in [0.29, 0.717) is 6.23 Å². The summed E-state index contributed by atoms with van der Waals surface area (Å²) in [5, 5.41) is 11.1. The normalized spacial score (nSPS) is 16.0. The lowest BCUT2D eigenvalue weighted by molar-refractivity contribution is -0.138. The van der Waals surface area contributed by atoms with Gasteiger partial charge in [-0.2, -0.15) is 0 Å². The summed E-state index contributed by atoms with van der Waals surface area (Å²) >= 11 is 0. The van der Waals surface area contributed by atoms with Crippen LogP contribution in [0.15, 0.2) is 24.4 Å². The van der Waals surface area contributed by atoms with Gasteiger partial charge in [-0.1, -0.05) is 6.08 Å². The number of allylic oxidation sites excluding steroid dienone is 2. The van der Waals surface area contributed by atoms with E-state index >= 15 is 0 Å². The molecule has 1 heterocycles. The molecule has 0 aromatic rings. The number of ether oxygens (including phenoxy) is 1. The van der Waals surface area contributed by atoms with E-state index in [9.17, 15) is 4.79 Å². The Labute approximate surface area is 70.5 Å². The third kappa shape index (κ3) is 3.21. The van der Waals surface area contributed by atoms with Crippen molar-refractivity contribution in [3.05, 3.63) is 30.7 Å². The molecule has 0 aromatic carbocycles. The van der Waals surface area contributed by atoms with Crippen LogP contribution in [0.1, 0.15) is 6.42 Å². The lowest BCUT2D eigenvalue weighted by Gasteiger charge is -2.13. The molecule has 0 saturated heterocycles. The maximum atomic E-state index is 10.1. The molecule has 4 nitrogen and oxygen atoms in total. The molecule has 65 valence electrons. The van der Waals surface area contributed by atoms with Crippen molar-refractivity contribution in [3.8, 4) is 0 Å². The maximum absolute atomic E-state index is 10.1. The molecule has 4 heteroatoms. The Balaban J connectivity index is 2.11. The van der Waals surface area contributed by atoms with Gasteiger partial charge >= 0.3 is 5.97 Å². The van der Waals surface area contributed by atoms with Gasteiger partial charge in [-0.3, -0.25) is 4.79 Å². The van der Waals surface area contributed by atoms with Gasteiger partial charge in [-0.25, -0.2) is 0 Å². The fourth-order valence-electron chi connectivity index (χ4n) is 0.715. The van der Waals surface area contributed by atoms with E-state index in [0.717, 1.165) is 0 Å². The lowest BCUT2D eigenvalue weighted by Crippen LogP contribution is -2.19. The van der Waals surface area contributed by atoms with Gasteiger partial charge in [0.2, 0.25) is 6.23 Å². The summed E-state index contributed by atoms with van der Waals surface area (Å²) in [6, 6.07) is 0. The molecule has 0 unspecified atom stereocenters. The number of carboxylic acids is 1. The summed E-state index contributed by atoms with van der Waals surface area (Å²) in [4.78, 5) is 10.1. The summed E-state index contributed by atoms with van der Waals surface area (Å²) in [5.74, 6) is -0.856. The summed E-state index contributed by atoms with van der Waals surface area (Å²) < 4.78 is 5.08. The zero-order valence-corrected chi connectivity index (χ0v) is 6.49. The summed E-state index contributed by atoms with van der Waals surface area (Å²) in [6.07, 6.45) is 7.69. The van der Waals surface area contributed by atoms with Crippen LogP contribution in [-0.2, 0) is 9.53 Å². The van der Waals surface area contributed by atoms with Crippen molar-refractivity contribution in [2.24, 2.45) is 0 Å². The first-order valence-electron chi connectivity index (χ1n) is 3.60. The minimum absolute atomic E-state index is 0.0166. The second-order valence-corrected chi connectivity index (χ2v) is 2.22. The molecule has 0 fully saturated rings. The number of nitrogens with one attached hydrogen (secondary N) is 1. The van der Waals surface area contributed by atoms with Gasteiger partial charge in [-0.15, -0.1) is 0 Å². The van der Waals surface area contributed by atoms with Gasteiger partial charge in [0.15, 0.2) is 0 Å². The van der Waals surface area contributed by atoms with Crippen LogP contribution < -0.4 is 5.32 Å². The van der Waals surface area contributed by atoms with Gasteiger partial charge in [-0.05, 0) is 18.4 Å². The average molecular weight is 168 g/mol. The summed E-state index contributed by atoms with van der Waals surface area (Å²) in [7, 11) is 0. The molecular weight excluding hydrogens is 158 g/mol. The Bertz CT molecular complexity index is 210. The number of carbonyl (C=O) groups is 1. The molecule has 1 aliphatic rings. The second-order valence-electron chi connectivity index (χ2n) is 2.22. The molecule has 0 aliphatic carbocycles. The van der Waals surface area contributed by atoms with E-state index in [1.54, 1.807) is 12.3 Å². The first-order chi connectivity index (χ1) is 5.79. The van der Waals surface area contributed by atoms with E-state index in [1.807, 2.05) is 12.2 Å². The molecule has 0 saturated carbocycles. The quantitative estimate of drug-likeness (QED) is 0.646. The molecule has 0 spiro atoms. The molecule has 0 amide bonds. The van der Waals surface area contributed by atoms with Gasteiger partial charge in [0.25, 0.3) is 0 Å². The van der Waals surface area contributed by atoms with Gasteiger partial charge in [0.1, 0.15) is 0 Å². The van der Waals surface area contributed by atoms with Crippen molar-refractivity contribution < 1.29 is 14.6 Å². The molecule has 0 aromatic heterocycles. The highest BCUT2D eigenvalue weighted by molar-refractivity contribution is 5.66. The maximum Gasteiger partial charge on any atom is 0.305 e. The molecule has 1 aliphatic heterocycles. The first-order valence-corrected chi connectivity index (χ1v) is 3.60. The fraction of sp³-hybridized carbons (Fsp3) is 0.250. The van der Waals surface area contributed by atoms with Crippen LogP contribution in [0.4, 0.5) is 0 Å². The highest BCUT2D eigenvalue weighted by atomic mass is 16.5. The smallest absolute Gasteiger partial charge is 0.305 e. The van der Waals surface area contributed by atoms with Crippen LogP contribution >= 0.6 is 0 Å². The third-order valence-electron chi connectivity index (χ3n) is 1.25. The summed E-state index contributed by atoms with van der Waals surface area (Å²) in [6.45, 7) is 0.190. The number of dihydropyridines is 1. The third-order valence-corrected chi connectivity index (χ3v) is 1.25. The highest BCUT2D eigenvalue weighted by Crippen LogP contribution is 2.04. The molecular formula is C8H10NO3. The zero-order valence-electron chi connectivity index (χ0n) is 6.49. The van der Waals surface area contributed by atoms with Gasteiger partial charge in [0, 0.05) is 0 Å². The Morgan fingerprint density at radius 2 is 2.42 bits per heavy atom. The SMILES string of the molecule is O=C(O)CCO[C]1C=CC=CN1. The van der Waals surface area contributed by atoms with Crippen LogP contribution in [0.3, 0.4) is 0 Å². The second kappa shape index (κ2) is 4.56. The van der Waals surface area contributed by atoms with E-state index in [-0.39, 0.29) is 13.0 Å². The van der Waals surface area contributed by atoms with E-state index in [1.165, 1.54) is 0 Å². The number of hydrogen-bond donors (Lipinski definition) is 2. The monoisotopic (exact) mass is 168 g/mol. The number of aliphatic carboxylic acids is 1. The standard InChI is InChI=1S/C8H10NO3/c10-8(11)4-6-12-7-3-1-2-5-9-7/h1-3,5,9H,4,6H2,(H,10,11). The van der Waals surface area contributed by atoms with Crippen LogP contribution in [-0.4, -0.2) is 17.7 Å². The minimum Gasteiger partial charge on any atom is -0.481 e. The minimum atomic E-state index is -0.856. The Hall–Kier alpha value is -1.29. The van der Waals surface area contributed by atoms with Crippen LogP contribution in [0.25, 0.3) is 0 Å². The predicted molar refractivity (Wildman–Crippen MR) is 42.9 cm³/mol. The van der Waals surface area contributed by atoms with E-state index < -0.39 is 5.97 Å². The molecule has 0 atom stereocenters. The molecule has 2 N–H and O–H groups in total. The number of hydrogen-bond acceptors (Lipinski definition) is 3. The van der Waals surface area contributed by atoms with Crippen molar-refractivity contribution in [2.75, 3.05) is 6.61 Å². The summed E-state index contributed by atoms with van der Waals surface area (Å²) in [5.41, 5.74) is 0.